The zero-order valence-electron chi connectivity index (χ0n) is 10.1. The lowest BCUT2D eigenvalue weighted by molar-refractivity contribution is -0.118. The summed E-state index contributed by atoms with van der Waals surface area (Å²) in [4.78, 5) is 10.2. The average molecular weight is 205 g/mol. The van der Waals surface area contributed by atoms with Crippen molar-refractivity contribution in [1.29, 1.82) is 0 Å². The van der Waals surface area contributed by atoms with E-state index in [2.05, 4.69) is 11.1 Å². The van der Waals surface area contributed by atoms with Crippen molar-refractivity contribution in [2.45, 2.75) is 39.5 Å². The smallest absolute Gasteiger partial charge is 0.217 e. The Balaban J connectivity index is -0.000000266. The molecule has 0 aromatic heterocycles. The van der Waals surface area contributed by atoms with Gasteiger partial charge in [-0.3, -0.25) is 4.79 Å². The van der Waals surface area contributed by atoms with Gasteiger partial charge < -0.3 is 16.8 Å². The number of rotatable bonds is 6. The SMILES string of the molecule is CC.CN.CNCCCCCC(N)=O. The van der Waals surface area contributed by atoms with E-state index in [-0.39, 0.29) is 5.91 Å². The van der Waals surface area contributed by atoms with Crippen molar-refractivity contribution < 1.29 is 4.79 Å². The minimum absolute atomic E-state index is 0.190. The van der Waals surface area contributed by atoms with E-state index in [9.17, 15) is 4.79 Å². The highest BCUT2D eigenvalue weighted by Crippen LogP contribution is 1.96. The van der Waals surface area contributed by atoms with Crippen LogP contribution in [-0.4, -0.2) is 26.5 Å². The molecule has 0 heterocycles. The molecule has 4 nitrogen and oxygen atoms in total. The summed E-state index contributed by atoms with van der Waals surface area (Å²) in [5.41, 5.74) is 9.45. The van der Waals surface area contributed by atoms with Crippen LogP contribution in [0.25, 0.3) is 0 Å². The average Bonchev–Trinajstić information content (AvgIpc) is 2.23. The number of nitrogens with one attached hydrogen (secondary N) is 1. The molecule has 0 aliphatic carbocycles. The quantitative estimate of drug-likeness (QED) is 0.562. The Bertz CT molecular complexity index is 97.4. The lowest BCUT2D eigenvalue weighted by Gasteiger charge is -1.97. The molecule has 0 aliphatic rings. The third kappa shape index (κ3) is 30.1. The summed E-state index contributed by atoms with van der Waals surface area (Å²) in [6, 6.07) is 0. The third-order valence-electron chi connectivity index (χ3n) is 1.35. The Morgan fingerprint density at radius 2 is 1.64 bits per heavy atom. The highest BCUT2D eigenvalue weighted by Gasteiger charge is 1.92. The molecule has 0 aromatic carbocycles. The molecule has 0 saturated heterocycles. The number of hydrogen-bond acceptors (Lipinski definition) is 3. The first-order valence-electron chi connectivity index (χ1n) is 5.28. The molecule has 0 bridgehead atoms. The van der Waals surface area contributed by atoms with Gasteiger partial charge in [0, 0.05) is 6.42 Å². The Labute approximate surface area is 88.4 Å². The van der Waals surface area contributed by atoms with Crippen LogP contribution in [0.15, 0.2) is 0 Å². The maximum absolute atomic E-state index is 10.2. The molecule has 88 valence electrons. The highest BCUT2D eigenvalue weighted by atomic mass is 16.1. The summed E-state index contributed by atoms with van der Waals surface area (Å²) in [6.45, 7) is 5.03. The van der Waals surface area contributed by atoms with Crippen molar-refractivity contribution in [3.8, 4) is 0 Å². The number of amides is 1. The molecule has 4 heteroatoms. The summed E-state index contributed by atoms with van der Waals surface area (Å²) in [5, 5.41) is 3.04. The number of hydrogen-bond donors (Lipinski definition) is 3. The van der Waals surface area contributed by atoms with Gasteiger partial charge in [-0.15, -0.1) is 0 Å². The molecular formula is C10H27N3O. The second-order valence-electron chi connectivity index (χ2n) is 2.38. The molecule has 0 atom stereocenters. The summed E-state index contributed by atoms with van der Waals surface area (Å²) in [5.74, 6) is -0.190. The number of primary amides is 1. The van der Waals surface area contributed by atoms with Crippen LogP contribution in [-0.2, 0) is 4.79 Å². The Morgan fingerprint density at radius 1 is 1.14 bits per heavy atom. The number of nitrogens with two attached hydrogens (primary N) is 2. The molecule has 0 rings (SSSR count). The summed E-state index contributed by atoms with van der Waals surface area (Å²) >= 11 is 0. The van der Waals surface area contributed by atoms with Crippen LogP contribution >= 0.6 is 0 Å². The van der Waals surface area contributed by atoms with Crippen LogP contribution in [0, 0.1) is 0 Å². The molecule has 1 amide bonds. The van der Waals surface area contributed by atoms with Gasteiger partial charge in [0.15, 0.2) is 0 Å². The van der Waals surface area contributed by atoms with Crippen LogP contribution in [0.5, 0.6) is 0 Å². The van der Waals surface area contributed by atoms with Crippen LogP contribution < -0.4 is 16.8 Å². The number of unbranched alkanes of at least 4 members (excludes halogenated alkanes) is 2. The Hall–Kier alpha value is -0.610. The van der Waals surface area contributed by atoms with Crippen molar-refractivity contribution in [3.05, 3.63) is 0 Å². The van der Waals surface area contributed by atoms with E-state index < -0.39 is 0 Å². The molecule has 0 unspecified atom stereocenters. The topological polar surface area (TPSA) is 81.1 Å². The van der Waals surface area contributed by atoms with Crippen LogP contribution in [0.3, 0.4) is 0 Å². The summed E-state index contributed by atoms with van der Waals surface area (Å²) < 4.78 is 0. The summed E-state index contributed by atoms with van der Waals surface area (Å²) in [6.07, 6.45) is 3.67. The molecule has 0 aromatic rings. The fourth-order valence-electron chi connectivity index (χ4n) is 0.778. The Morgan fingerprint density at radius 3 is 2.00 bits per heavy atom. The molecule has 0 fully saturated rings. The van der Waals surface area contributed by atoms with Gasteiger partial charge in [0.2, 0.25) is 5.91 Å². The van der Waals surface area contributed by atoms with Gasteiger partial charge in [0.05, 0.1) is 0 Å². The zero-order chi connectivity index (χ0) is 11.8. The molecule has 0 aliphatic heterocycles. The van der Waals surface area contributed by atoms with E-state index in [0.717, 1.165) is 25.8 Å². The van der Waals surface area contributed by atoms with Crippen molar-refractivity contribution in [1.82, 2.24) is 5.32 Å². The largest absolute Gasteiger partial charge is 0.370 e. The number of carbonyl (C=O) groups is 1. The molecular weight excluding hydrogens is 178 g/mol. The number of carbonyl (C=O) groups excluding carboxylic acids is 1. The first kappa shape index (κ1) is 19.0. The minimum atomic E-state index is -0.190. The van der Waals surface area contributed by atoms with Crippen molar-refractivity contribution in [3.63, 3.8) is 0 Å². The zero-order valence-corrected chi connectivity index (χ0v) is 10.1. The molecule has 0 saturated carbocycles. The third-order valence-corrected chi connectivity index (χ3v) is 1.35. The molecule has 14 heavy (non-hydrogen) atoms. The van der Waals surface area contributed by atoms with Crippen molar-refractivity contribution in [2.24, 2.45) is 11.5 Å². The van der Waals surface area contributed by atoms with E-state index >= 15 is 0 Å². The van der Waals surface area contributed by atoms with E-state index in [1.807, 2.05) is 20.9 Å². The fraction of sp³-hybridized carbons (Fsp3) is 0.900. The molecule has 5 N–H and O–H groups in total. The normalized spacial score (nSPS) is 7.79. The van der Waals surface area contributed by atoms with E-state index in [0.29, 0.717) is 6.42 Å². The standard InChI is InChI=1S/C7H16N2O.C2H6.CH5N/c1-9-6-4-2-3-5-7(8)10;2*1-2/h9H,2-6H2,1H3,(H2,8,10);1-2H3;2H2,1H3. The van der Waals surface area contributed by atoms with Gasteiger partial charge in [0.1, 0.15) is 0 Å². The monoisotopic (exact) mass is 205 g/mol. The first-order valence-corrected chi connectivity index (χ1v) is 5.28. The van der Waals surface area contributed by atoms with Gasteiger partial charge in [-0.25, -0.2) is 0 Å². The first-order chi connectivity index (χ1) is 6.77. The lowest BCUT2D eigenvalue weighted by atomic mass is 10.2. The lowest BCUT2D eigenvalue weighted by Crippen LogP contribution is -2.11. The molecule has 0 spiro atoms. The fourth-order valence-corrected chi connectivity index (χ4v) is 0.778. The van der Waals surface area contributed by atoms with Gasteiger partial charge in [-0.05, 0) is 33.5 Å². The second-order valence-corrected chi connectivity index (χ2v) is 2.38. The maximum atomic E-state index is 10.2. The van der Waals surface area contributed by atoms with E-state index in [4.69, 9.17) is 5.73 Å². The Kier molecular flexibility index (Phi) is 31.1. The predicted octanol–water partition coefficient (Wildman–Crippen LogP) is 0.853. The van der Waals surface area contributed by atoms with E-state index in [1.54, 1.807) is 0 Å². The minimum Gasteiger partial charge on any atom is -0.370 e. The van der Waals surface area contributed by atoms with Crippen LogP contribution in [0.2, 0.25) is 0 Å². The summed E-state index contributed by atoms with van der Waals surface area (Å²) in [7, 11) is 3.42. The van der Waals surface area contributed by atoms with Crippen LogP contribution in [0.4, 0.5) is 0 Å². The molecule has 0 radical (unpaired) electrons. The van der Waals surface area contributed by atoms with Gasteiger partial charge >= 0.3 is 0 Å². The highest BCUT2D eigenvalue weighted by molar-refractivity contribution is 5.73. The van der Waals surface area contributed by atoms with Crippen molar-refractivity contribution in [2.75, 3.05) is 20.6 Å². The van der Waals surface area contributed by atoms with Crippen LogP contribution in [0.1, 0.15) is 39.5 Å². The second kappa shape index (κ2) is 22.8. The van der Waals surface area contributed by atoms with Gasteiger partial charge in [-0.1, -0.05) is 20.3 Å². The predicted molar refractivity (Wildman–Crippen MR) is 63.0 cm³/mol. The van der Waals surface area contributed by atoms with E-state index in [1.165, 1.54) is 7.05 Å². The van der Waals surface area contributed by atoms with Gasteiger partial charge in [-0.2, -0.15) is 0 Å². The maximum Gasteiger partial charge on any atom is 0.217 e. The van der Waals surface area contributed by atoms with Crippen molar-refractivity contribution >= 4 is 5.91 Å². The van der Waals surface area contributed by atoms with Gasteiger partial charge in [0.25, 0.3) is 0 Å².